The summed E-state index contributed by atoms with van der Waals surface area (Å²) in [7, 11) is 0. The number of carbonyl (C=O) groups is 2. The molecule has 4 heteroatoms. The lowest BCUT2D eigenvalue weighted by atomic mass is 10.00. The Balaban J connectivity index is 2.08. The smallest absolute Gasteiger partial charge is 0.347 e. The molecule has 0 saturated carbocycles. The Kier molecular flexibility index (Phi) is 9.81. The molecule has 0 spiro atoms. The van der Waals surface area contributed by atoms with Gasteiger partial charge in [0.2, 0.25) is 0 Å². The number of nitrogen functional groups attached to an aromatic ring is 1. The van der Waals surface area contributed by atoms with Crippen LogP contribution in [0.5, 0.6) is 0 Å². The molecule has 0 radical (unpaired) electrons. The van der Waals surface area contributed by atoms with E-state index in [1.54, 1.807) is 24.3 Å². The summed E-state index contributed by atoms with van der Waals surface area (Å²) < 4.78 is 4.84. The Morgan fingerprint density at radius 2 is 1.67 bits per heavy atom. The first-order valence-electron chi connectivity index (χ1n) is 9.14. The fourth-order valence-electron chi connectivity index (χ4n) is 2.57. The van der Waals surface area contributed by atoms with Crippen molar-refractivity contribution in [1.82, 2.24) is 0 Å². The molecular weight excluding hydrogens is 302 g/mol. The first kappa shape index (κ1) is 20.2. The molecule has 1 aromatic carbocycles. The maximum atomic E-state index is 11.8. The van der Waals surface area contributed by atoms with Crippen molar-refractivity contribution in [1.29, 1.82) is 0 Å². The van der Waals surface area contributed by atoms with Gasteiger partial charge in [0.25, 0.3) is 0 Å². The lowest BCUT2D eigenvalue weighted by Crippen LogP contribution is -2.13. The summed E-state index contributed by atoms with van der Waals surface area (Å²) in [6, 6.07) is 6.60. The first-order valence-corrected chi connectivity index (χ1v) is 9.14. The van der Waals surface area contributed by atoms with Crippen molar-refractivity contribution in [2.45, 2.75) is 71.6 Å². The van der Waals surface area contributed by atoms with Crippen molar-refractivity contribution in [3.8, 4) is 0 Å². The summed E-state index contributed by atoms with van der Waals surface area (Å²) in [4.78, 5) is 23.5. The number of unbranched alkanes of at least 4 members (excludes halogenated alkanes) is 5. The van der Waals surface area contributed by atoms with Crippen molar-refractivity contribution < 1.29 is 14.3 Å². The molecule has 0 bridgehead atoms. The van der Waals surface area contributed by atoms with Gasteiger partial charge in [-0.05, 0) is 24.5 Å². The number of benzene rings is 1. The normalized spacial score (nSPS) is 11.9. The molecule has 0 aliphatic carbocycles. The summed E-state index contributed by atoms with van der Waals surface area (Å²) in [6.07, 6.45) is 9.53. The monoisotopic (exact) mass is 333 g/mol. The van der Waals surface area contributed by atoms with Crippen LogP contribution in [0.3, 0.4) is 0 Å². The molecule has 1 rings (SSSR count). The van der Waals surface area contributed by atoms with Gasteiger partial charge in [-0.3, -0.25) is 4.79 Å². The number of rotatable bonds is 11. The van der Waals surface area contributed by atoms with E-state index in [1.165, 1.54) is 32.1 Å². The first-order chi connectivity index (χ1) is 11.5. The molecule has 0 aromatic heterocycles. The highest BCUT2D eigenvalue weighted by Gasteiger charge is 2.14. The molecule has 0 saturated heterocycles. The lowest BCUT2D eigenvalue weighted by molar-refractivity contribution is -0.138. The van der Waals surface area contributed by atoms with Crippen LogP contribution < -0.4 is 5.73 Å². The minimum absolute atomic E-state index is 0.243. The maximum Gasteiger partial charge on any atom is 0.347 e. The summed E-state index contributed by atoms with van der Waals surface area (Å²) >= 11 is 0. The molecule has 1 unspecified atom stereocenters. The summed E-state index contributed by atoms with van der Waals surface area (Å²) in [5, 5.41) is 0. The van der Waals surface area contributed by atoms with Gasteiger partial charge in [0.1, 0.15) is 0 Å². The van der Waals surface area contributed by atoms with Gasteiger partial charge in [-0.25, -0.2) is 4.79 Å². The van der Waals surface area contributed by atoms with Crippen LogP contribution in [-0.2, 0) is 9.53 Å². The largest absolute Gasteiger partial charge is 0.398 e. The molecule has 4 nitrogen and oxygen atoms in total. The van der Waals surface area contributed by atoms with Crippen LogP contribution in [0.25, 0.3) is 0 Å². The summed E-state index contributed by atoms with van der Waals surface area (Å²) in [5.74, 6) is -0.306. The van der Waals surface area contributed by atoms with Crippen LogP contribution in [0, 0.1) is 5.92 Å². The number of nitrogens with two attached hydrogens (primary N) is 1. The van der Waals surface area contributed by atoms with E-state index in [9.17, 15) is 9.59 Å². The quantitative estimate of drug-likeness (QED) is 0.264. The van der Waals surface area contributed by atoms with Gasteiger partial charge in [0.05, 0.1) is 5.56 Å². The van der Waals surface area contributed by atoms with Crippen LogP contribution in [0.4, 0.5) is 5.69 Å². The Bertz CT molecular complexity index is 513. The molecule has 2 N–H and O–H groups in total. The molecule has 0 heterocycles. The molecule has 1 atom stereocenters. The standard InChI is InChI=1S/C20H31NO3/c1-3-16(2)12-8-6-4-5-7-9-15-19(22)24-20(23)17-13-10-11-14-18(17)21/h10-11,13-14,16H,3-9,12,15,21H2,1-2H3. The Morgan fingerprint density at radius 1 is 1.04 bits per heavy atom. The predicted octanol–water partition coefficient (Wildman–Crippen LogP) is 5.12. The topological polar surface area (TPSA) is 69.4 Å². The van der Waals surface area contributed by atoms with Crippen LogP contribution in [0.2, 0.25) is 0 Å². The van der Waals surface area contributed by atoms with Gasteiger partial charge in [0, 0.05) is 12.1 Å². The van der Waals surface area contributed by atoms with Crippen molar-refractivity contribution in [3.05, 3.63) is 29.8 Å². The number of hydrogen-bond acceptors (Lipinski definition) is 4. The zero-order valence-electron chi connectivity index (χ0n) is 15.1. The fraction of sp³-hybridized carbons (Fsp3) is 0.600. The second kappa shape index (κ2) is 11.7. The van der Waals surface area contributed by atoms with Crippen molar-refractivity contribution >= 4 is 17.6 Å². The second-order valence-electron chi connectivity index (χ2n) is 6.52. The number of ether oxygens (including phenoxy) is 1. The van der Waals surface area contributed by atoms with Crippen LogP contribution in [0.15, 0.2) is 24.3 Å². The molecule has 0 amide bonds. The maximum absolute atomic E-state index is 11.8. The Morgan fingerprint density at radius 3 is 2.33 bits per heavy atom. The summed E-state index contributed by atoms with van der Waals surface area (Å²) in [6.45, 7) is 4.54. The fourth-order valence-corrected chi connectivity index (χ4v) is 2.57. The van der Waals surface area contributed by atoms with Gasteiger partial charge < -0.3 is 10.5 Å². The number of carbonyl (C=O) groups excluding carboxylic acids is 2. The minimum atomic E-state index is -0.664. The molecule has 0 aliphatic heterocycles. The van der Waals surface area contributed by atoms with E-state index in [0.717, 1.165) is 25.2 Å². The second-order valence-corrected chi connectivity index (χ2v) is 6.52. The van der Waals surface area contributed by atoms with E-state index < -0.39 is 11.9 Å². The number of hydrogen-bond donors (Lipinski definition) is 1. The number of esters is 2. The molecule has 0 fully saturated rings. The van der Waals surface area contributed by atoms with Crippen LogP contribution in [-0.4, -0.2) is 11.9 Å². The minimum Gasteiger partial charge on any atom is -0.398 e. The average molecular weight is 333 g/mol. The third kappa shape index (κ3) is 8.14. The highest BCUT2D eigenvalue weighted by molar-refractivity contribution is 6.00. The molecule has 1 aromatic rings. The number of para-hydroxylation sites is 1. The van der Waals surface area contributed by atoms with E-state index in [2.05, 4.69) is 13.8 Å². The third-order valence-electron chi connectivity index (χ3n) is 4.41. The van der Waals surface area contributed by atoms with Crippen molar-refractivity contribution in [2.24, 2.45) is 5.92 Å². The summed E-state index contributed by atoms with van der Waals surface area (Å²) in [5.41, 5.74) is 6.26. The Hall–Kier alpha value is -1.84. The predicted molar refractivity (Wildman–Crippen MR) is 97.7 cm³/mol. The third-order valence-corrected chi connectivity index (χ3v) is 4.41. The zero-order valence-corrected chi connectivity index (χ0v) is 15.1. The number of anilines is 1. The van der Waals surface area contributed by atoms with Gasteiger partial charge in [-0.15, -0.1) is 0 Å². The zero-order chi connectivity index (χ0) is 17.8. The molecule has 0 aliphatic rings. The van der Waals surface area contributed by atoms with E-state index in [1.807, 2.05) is 0 Å². The van der Waals surface area contributed by atoms with Crippen molar-refractivity contribution in [3.63, 3.8) is 0 Å². The van der Waals surface area contributed by atoms with Gasteiger partial charge in [0.15, 0.2) is 0 Å². The highest BCUT2D eigenvalue weighted by Crippen LogP contribution is 2.15. The van der Waals surface area contributed by atoms with E-state index >= 15 is 0 Å². The molecular formula is C20H31NO3. The average Bonchev–Trinajstić information content (AvgIpc) is 2.57. The van der Waals surface area contributed by atoms with Crippen LogP contribution >= 0.6 is 0 Å². The van der Waals surface area contributed by atoms with Crippen molar-refractivity contribution in [2.75, 3.05) is 5.73 Å². The highest BCUT2D eigenvalue weighted by atomic mass is 16.6. The van der Waals surface area contributed by atoms with Gasteiger partial charge in [-0.1, -0.05) is 70.9 Å². The lowest BCUT2D eigenvalue weighted by Gasteiger charge is -2.07. The molecule has 24 heavy (non-hydrogen) atoms. The van der Waals surface area contributed by atoms with E-state index in [0.29, 0.717) is 5.69 Å². The van der Waals surface area contributed by atoms with Crippen LogP contribution in [0.1, 0.15) is 82.0 Å². The van der Waals surface area contributed by atoms with E-state index in [-0.39, 0.29) is 12.0 Å². The molecule has 134 valence electrons. The van der Waals surface area contributed by atoms with Gasteiger partial charge in [-0.2, -0.15) is 0 Å². The van der Waals surface area contributed by atoms with E-state index in [4.69, 9.17) is 10.5 Å². The van der Waals surface area contributed by atoms with Gasteiger partial charge >= 0.3 is 11.9 Å². The Labute approximate surface area is 145 Å². The SMILES string of the molecule is CCC(C)CCCCCCCCC(=O)OC(=O)c1ccccc1N.